The van der Waals surface area contributed by atoms with Gasteiger partial charge < -0.3 is 15.5 Å². The van der Waals surface area contributed by atoms with Crippen LogP contribution in [-0.2, 0) is 36.2 Å². The smallest absolute Gasteiger partial charge is 0.328 e. The van der Waals surface area contributed by atoms with Crippen LogP contribution in [0.25, 0.3) is 22.5 Å². The molecule has 0 unspecified atom stereocenters. The number of aromatic nitrogens is 4. The molecule has 6 aromatic rings. The lowest BCUT2D eigenvalue weighted by Crippen LogP contribution is -2.14. The van der Waals surface area contributed by atoms with Crippen LogP contribution in [0.15, 0.2) is 132 Å². The average molecular weight is 861 g/mol. The number of nitrogens with zero attached hydrogens (tertiary/aromatic N) is 4. The predicted octanol–water partition coefficient (Wildman–Crippen LogP) is 6.40. The number of nitrogens with one attached hydrogen (secondary N) is 1. The van der Waals surface area contributed by atoms with E-state index in [2.05, 4.69) is 15.3 Å². The monoisotopic (exact) mass is 859 g/mol. The molecule has 6 rings (SSSR count). The van der Waals surface area contributed by atoms with E-state index in [1.54, 1.807) is 19.2 Å². The first kappa shape index (κ1) is 43.7. The highest BCUT2D eigenvalue weighted by molar-refractivity contribution is 7.90. The number of carboxylic acid groups (broad SMARTS) is 2. The summed E-state index contributed by atoms with van der Waals surface area (Å²) in [5, 5.41) is 18.6. The van der Waals surface area contributed by atoms with Gasteiger partial charge in [-0.05, 0) is 55.6 Å². The number of halogens is 4. The van der Waals surface area contributed by atoms with Crippen LogP contribution in [0.1, 0.15) is 15.9 Å². The number of hydrogen-bond donors (Lipinski definition) is 3. The maximum absolute atomic E-state index is 14.3. The number of carbonyl (C=O) groups excluding carboxylic acids is 1. The van der Waals surface area contributed by atoms with E-state index in [1.165, 1.54) is 85.5 Å². The number of aliphatic carboxylic acids is 2. The lowest BCUT2D eigenvalue weighted by molar-refractivity contribution is -0.134. The van der Waals surface area contributed by atoms with Gasteiger partial charge in [0.15, 0.2) is 6.29 Å². The first-order chi connectivity index (χ1) is 27.1. The van der Waals surface area contributed by atoms with Gasteiger partial charge in [0, 0.05) is 72.6 Å². The summed E-state index contributed by atoms with van der Waals surface area (Å²) < 4.78 is 82.1. The minimum atomic E-state index is -4.10. The Balaban J connectivity index is 0.000000213. The van der Waals surface area contributed by atoms with Gasteiger partial charge in [0.05, 0.1) is 27.0 Å². The molecule has 0 aliphatic carbocycles. The maximum atomic E-state index is 14.3. The predicted molar refractivity (Wildman–Crippen MR) is 206 cm³/mol. The SMILES string of the molecule is CNCc1cn(S(=O)(=O)c2cccnc2)c(-c2ccccc2F)c1Cl.O=C(O)/C=C/C(=O)O.O=Cc1cn(S(=O)(=O)c2cccnc2)c(-c2ccccc2F)c1Cl. The van der Waals surface area contributed by atoms with Gasteiger partial charge in [0.1, 0.15) is 21.4 Å². The molecule has 3 N–H and O–H groups in total. The molecular weight excluding hydrogens is 831 g/mol. The van der Waals surface area contributed by atoms with E-state index >= 15 is 0 Å². The molecule has 4 aromatic heterocycles. The van der Waals surface area contributed by atoms with E-state index < -0.39 is 43.6 Å². The quantitative estimate of drug-likeness (QED) is 0.0955. The highest BCUT2D eigenvalue weighted by Gasteiger charge is 2.28. The van der Waals surface area contributed by atoms with Crippen LogP contribution in [0.4, 0.5) is 8.78 Å². The van der Waals surface area contributed by atoms with Gasteiger partial charge in [0.25, 0.3) is 20.0 Å². The number of rotatable bonds is 11. The normalized spacial score (nSPS) is 11.2. The molecule has 0 fully saturated rings. The van der Waals surface area contributed by atoms with Gasteiger partial charge in [-0.15, -0.1) is 0 Å². The number of aldehydes is 1. The Morgan fingerprint density at radius 1 is 0.719 bits per heavy atom. The van der Waals surface area contributed by atoms with Crippen molar-refractivity contribution in [3.8, 4) is 22.5 Å². The Morgan fingerprint density at radius 2 is 1.16 bits per heavy atom. The summed E-state index contributed by atoms with van der Waals surface area (Å²) >= 11 is 12.5. The molecule has 0 bridgehead atoms. The summed E-state index contributed by atoms with van der Waals surface area (Å²) in [6, 6.07) is 17.3. The van der Waals surface area contributed by atoms with E-state index in [0.717, 1.165) is 20.3 Å². The maximum Gasteiger partial charge on any atom is 0.328 e. The third kappa shape index (κ3) is 10.2. The molecular formula is C37H29Cl2F2N5O9S2. The van der Waals surface area contributed by atoms with Crippen molar-refractivity contribution in [2.75, 3.05) is 7.05 Å². The van der Waals surface area contributed by atoms with Crippen LogP contribution in [0.3, 0.4) is 0 Å². The van der Waals surface area contributed by atoms with Crippen molar-refractivity contribution in [2.45, 2.75) is 16.3 Å². The van der Waals surface area contributed by atoms with Crippen LogP contribution in [-0.4, -0.2) is 70.2 Å². The second kappa shape index (κ2) is 19.2. The third-order valence-electron chi connectivity index (χ3n) is 7.42. The van der Waals surface area contributed by atoms with Crippen LogP contribution < -0.4 is 5.32 Å². The highest BCUT2D eigenvalue weighted by atomic mass is 35.5. The number of benzene rings is 2. The Bertz CT molecular complexity index is 2640. The summed E-state index contributed by atoms with van der Waals surface area (Å²) in [6.07, 6.45) is 9.32. The van der Waals surface area contributed by atoms with Gasteiger partial charge in [-0.2, -0.15) is 0 Å². The van der Waals surface area contributed by atoms with Crippen LogP contribution >= 0.6 is 23.2 Å². The molecule has 296 valence electrons. The van der Waals surface area contributed by atoms with Gasteiger partial charge in [-0.3, -0.25) is 14.8 Å². The first-order valence-corrected chi connectivity index (χ1v) is 19.5. The summed E-state index contributed by atoms with van der Waals surface area (Å²) in [6.45, 7) is 0.343. The zero-order valence-corrected chi connectivity index (χ0v) is 32.3. The standard InChI is InChI=1S/C17H15ClFN3O2S.C16H10ClFN2O3S.C4H4O4/c1-20-9-12-11-22(25(23,24)13-5-4-8-21-10-13)17(16(12)18)14-6-2-3-7-15(14)19;17-15-11(10-21)9-20(16(15)13-5-1-2-6-14(13)18)24(22,23)12-4-3-7-19-8-12;5-3(6)1-2-4(7)8/h2-8,10-11,20H,9H2,1H3;1-10H;1-2H,(H,5,6)(H,7,8)/b;;2-1+. The van der Waals surface area contributed by atoms with Gasteiger partial charge in [0.2, 0.25) is 0 Å². The molecule has 14 nitrogen and oxygen atoms in total. The van der Waals surface area contributed by atoms with Crippen molar-refractivity contribution in [1.29, 1.82) is 0 Å². The first-order valence-electron chi connectivity index (χ1n) is 15.9. The Labute approximate surface area is 334 Å². The van der Waals surface area contributed by atoms with Crippen molar-refractivity contribution in [3.63, 3.8) is 0 Å². The summed E-state index contributed by atoms with van der Waals surface area (Å²) in [4.78, 5) is 37.8. The van der Waals surface area contributed by atoms with Crippen molar-refractivity contribution in [2.24, 2.45) is 0 Å². The van der Waals surface area contributed by atoms with E-state index in [4.69, 9.17) is 33.4 Å². The fourth-order valence-electron chi connectivity index (χ4n) is 4.92. The van der Waals surface area contributed by atoms with E-state index in [9.17, 15) is 40.0 Å². The molecule has 0 aliphatic rings. The fourth-order valence-corrected chi connectivity index (χ4v) is 8.33. The molecule has 0 saturated carbocycles. The second-order valence-corrected chi connectivity index (χ2v) is 15.5. The van der Waals surface area contributed by atoms with Crippen molar-refractivity contribution >= 4 is 61.5 Å². The molecule has 0 amide bonds. The average Bonchev–Trinajstić information content (AvgIpc) is 3.72. The third-order valence-corrected chi connectivity index (χ3v) is 11.5. The number of pyridine rings is 2. The Kier molecular flexibility index (Phi) is 14.7. The van der Waals surface area contributed by atoms with Crippen molar-refractivity contribution in [1.82, 2.24) is 23.2 Å². The van der Waals surface area contributed by atoms with Crippen LogP contribution in [0.5, 0.6) is 0 Å². The van der Waals surface area contributed by atoms with E-state index in [1.807, 2.05) is 0 Å². The van der Waals surface area contributed by atoms with Crippen molar-refractivity contribution < 1.29 is 50.2 Å². The van der Waals surface area contributed by atoms with Gasteiger partial charge in [-0.25, -0.2) is 43.2 Å². The Morgan fingerprint density at radius 3 is 1.54 bits per heavy atom. The molecule has 0 saturated heterocycles. The van der Waals surface area contributed by atoms with Crippen LogP contribution in [0, 0.1) is 11.6 Å². The Hall–Kier alpha value is -6.05. The summed E-state index contributed by atoms with van der Waals surface area (Å²) in [5.74, 6) is -3.72. The zero-order valence-electron chi connectivity index (χ0n) is 29.2. The van der Waals surface area contributed by atoms with Gasteiger partial charge >= 0.3 is 11.9 Å². The van der Waals surface area contributed by atoms with E-state index in [0.29, 0.717) is 30.5 Å². The van der Waals surface area contributed by atoms with E-state index in [-0.39, 0.29) is 47.9 Å². The molecule has 0 atom stereocenters. The lowest BCUT2D eigenvalue weighted by atomic mass is 10.1. The number of hydrogen-bond acceptors (Lipinski definition) is 10. The molecule has 0 aliphatic heterocycles. The molecule has 0 radical (unpaired) electrons. The summed E-state index contributed by atoms with van der Waals surface area (Å²) in [5.41, 5.74) is 0.567. The molecule has 20 heteroatoms. The summed E-state index contributed by atoms with van der Waals surface area (Å²) in [7, 11) is -6.37. The lowest BCUT2D eigenvalue weighted by Gasteiger charge is -2.11. The molecule has 4 heterocycles. The molecule has 57 heavy (non-hydrogen) atoms. The number of carboxylic acids is 2. The highest BCUT2D eigenvalue weighted by Crippen LogP contribution is 2.37. The van der Waals surface area contributed by atoms with Crippen molar-refractivity contribution in [3.05, 3.63) is 155 Å². The molecule has 0 spiro atoms. The van der Waals surface area contributed by atoms with Crippen LogP contribution in [0.2, 0.25) is 10.0 Å². The fraction of sp³-hybridized carbons (Fsp3) is 0.0541. The minimum Gasteiger partial charge on any atom is -0.478 e. The topological polar surface area (TPSA) is 208 Å². The number of carbonyl (C=O) groups is 3. The molecule has 2 aromatic carbocycles. The van der Waals surface area contributed by atoms with Gasteiger partial charge in [-0.1, -0.05) is 47.5 Å². The second-order valence-electron chi connectivity index (χ2n) is 11.2. The minimum absolute atomic E-state index is 0.00439. The largest absolute Gasteiger partial charge is 0.478 e. The zero-order chi connectivity index (χ0) is 41.9.